The second kappa shape index (κ2) is 9.68. The molecule has 1 aliphatic heterocycles. The molecular weight excluding hydrogens is 450 g/mol. The average Bonchev–Trinajstić information content (AvgIpc) is 3.51. The highest BCUT2D eigenvalue weighted by Crippen LogP contribution is 2.27. The van der Waals surface area contributed by atoms with Gasteiger partial charge in [0, 0.05) is 24.0 Å². The molecule has 4 rings (SSSR count). The van der Waals surface area contributed by atoms with E-state index >= 15 is 0 Å². The number of amides is 1. The Kier molecular flexibility index (Phi) is 6.73. The number of carbonyl (C=O) groups excluding carboxylic acids is 1. The number of thiazole rings is 1. The second-order valence-corrected chi connectivity index (χ2v) is 9.98. The van der Waals surface area contributed by atoms with Gasteiger partial charge < -0.3 is 9.47 Å². The minimum absolute atomic E-state index is 0.149. The Labute approximate surface area is 190 Å². The van der Waals surface area contributed by atoms with Crippen molar-refractivity contribution in [1.82, 2.24) is 9.29 Å². The van der Waals surface area contributed by atoms with E-state index in [1.54, 1.807) is 55.6 Å². The molecule has 1 saturated heterocycles. The third-order valence-corrected chi connectivity index (χ3v) is 7.70. The van der Waals surface area contributed by atoms with Gasteiger partial charge >= 0.3 is 0 Å². The van der Waals surface area contributed by atoms with Crippen molar-refractivity contribution in [1.29, 1.82) is 0 Å². The van der Waals surface area contributed by atoms with E-state index in [1.807, 2.05) is 5.38 Å². The maximum atomic E-state index is 12.7. The smallest absolute Gasteiger partial charge is 0.264 e. The largest absolute Gasteiger partial charge is 0.497 e. The molecule has 1 fully saturated rings. The summed E-state index contributed by atoms with van der Waals surface area (Å²) in [7, 11) is -1.86. The zero-order valence-electron chi connectivity index (χ0n) is 17.5. The molecule has 0 radical (unpaired) electrons. The Bertz CT molecular complexity index is 1170. The van der Waals surface area contributed by atoms with Gasteiger partial charge in [-0.05, 0) is 49.2 Å². The first-order valence-corrected chi connectivity index (χ1v) is 12.4. The van der Waals surface area contributed by atoms with Gasteiger partial charge in [0.2, 0.25) is 10.0 Å². The van der Waals surface area contributed by atoms with Gasteiger partial charge in [0.1, 0.15) is 11.5 Å². The molecule has 1 aliphatic rings. The summed E-state index contributed by atoms with van der Waals surface area (Å²) in [6.45, 7) is 0.993. The topological polar surface area (TPSA) is 97.8 Å². The number of carbonyl (C=O) groups is 1. The van der Waals surface area contributed by atoms with Crippen molar-refractivity contribution in [2.75, 3.05) is 32.1 Å². The molecule has 0 atom stereocenters. The van der Waals surface area contributed by atoms with Crippen molar-refractivity contribution < 1.29 is 22.7 Å². The Morgan fingerprint density at radius 2 is 1.72 bits per heavy atom. The van der Waals surface area contributed by atoms with Crippen molar-refractivity contribution in [2.24, 2.45) is 0 Å². The Hall–Kier alpha value is -2.95. The summed E-state index contributed by atoms with van der Waals surface area (Å²) in [4.78, 5) is 16.9. The number of ether oxygens (including phenoxy) is 2. The van der Waals surface area contributed by atoms with Gasteiger partial charge in [-0.1, -0.05) is 12.1 Å². The zero-order valence-corrected chi connectivity index (χ0v) is 19.1. The molecular formula is C22H23N3O5S2. The lowest BCUT2D eigenvalue weighted by atomic mass is 10.2. The normalized spacial score (nSPS) is 14.3. The molecule has 168 valence electrons. The summed E-state index contributed by atoms with van der Waals surface area (Å²) in [6, 6.07) is 13.6. The number of sulfonamides is 1. The van der Waals surface area contributed by atoms with E-state index in [0.717, 1.165) is 18.4 Å². The van der Waals surface area contributed by atoms with E-state index in [4.69, 9.17) is 9.47 Å². The number of methoxy groups -OCH3 is 1. The van der Waals surface area contributed by atoms with Crippen molar-refractivity contribution in [3.63, 3.8) is 0 Å². The lowest BCUT2D eigenvalue weighted by Gasteiger charge is -2.15. The molecule has 3 aromatic rings. The van der Waals surface area contributed by atoms with Gasteiger partial charge in [-0.25, -0.2) is 13.4 Å². The Morgan fingerprint density at radius 3 is 2.38 bits per heavy atom. The number of nitrogens with one attached hydrogen (secondary N) is 1. The van der Waals surface area contributed by atoms with Gasteiger partial charge in [0.05, 0.1) is 17.7 Å². The van der Waals surface area contributed by atoms with Gasteiger partial charge in [-0.3, -0.25) is 10.1 Å². The minimum Gasteiger partial charge on any atom is -0.497 e. The molecule has 0 unspecified atom stereocenters. The number of hydrogen-bond donors (Lipinski definition) is 1. The monoisotopic (exact) mass is 473 g/mol. The van der Waals surface area contributed by atoms with Crippen LogP contribution in [0.5, 0.6) is 11.5 Å². The van der Waals surface area contributed by atoms with Crippen LogP contribution in [0.2, 0.25) is 0 Å². The third-order valence-electron chi connectivity index (χ3n) is 5.03. The number of aromatic nitrogens is 1. The molecule has 2 heterocycles. The first kappa shape index (κ1) is 22.3. The first-order chi connectivity index (χ1) is 15.5. The molecule has 1 aromatic heterocycles. The fourth-order valence-electron chi connectivity index (χ4n) is 3.32. The summed E-state index contributed by atoms with van der Waals surface area (Å²) in [5.41, 5.74) is 1.43. The predicted molar refractivity (Wildman–Crippen MR) is 123 cm³/mol. The lowest BCUT2D eigenvalue weighted by Crippen LogP contribution is -2.27. The van der Waals surface area contributed by atoms with Crippen LogP contribution in [0.25, 0.3) is 11.3 Å². The van der Waals surface area contributed by atoms with Crippen LogP contribution in [0.4, 0.5) is 5.13 Å². The number of nitrogens with zero attached hydrogens (tertiary/aromatic N) is 2. The Morgan fingerprint density at radius 1 is 1.06 bits per heavy atom. The van der Waals surface area contributed by atoms with Crippen LogP contribution in [-0.4, -0.2) is 50.4 Å². The van der Waals surface area contributed by atoms with Gasteiger partial charge in [0.15, 0.2) is 11.7 Å². The van der Waals surface area contributed by atoms with Crippen LogP contribution < -0.4 is 14.8 Å². The Balaban J connectivity index is 1.35. The van der Waals surface area contributed by atoms with E-state index in [9.17, 15) is 13.2 Å². The zero-order chi connectivity index (χ0) is 22.6. The average molecular weight is 474 g/mol. The van der Waals surface area contributed by atoms with Crippen LogP contribution in [0, 0.1) is 0 Å². The molecule has 0 bridgehead atoms. The van der Waals surface area contributed by atoms with Crippen LogP contribution in [0.15, 0.2) is 58.8 Å². The highest BCUT2D eigenvalue weighted by atomic mass is 32.2. The van der Waals surface area contributed by atoms with Gasteiger partial charge in [-0.2, -0.15) is 4.31 Å². The molecule has 0 spiro atoms. The van der Waals surface area contributed by atoms with E-state index in [-0.39, 0.29) is 17.4 Å². The van der Waals surface area contributed by atoms with Crippen molar-refractivity contribution in [2.45, 2.75) is 17.7 Å². The fourth-order valence-corrected chi connectivity index (χ4v) is 5.57. The van der Waals surface area contributed by atoms with Crippen LogP contribution >= 0.6 is 11.3 Å². The number of rotatable bonds is 8. The molecule has 32 heavy (non-hydrogen) atoms. The maximum Gasteiger partial charge on any atom is 0.264 e. The van der Waals surface area contributed by atoms with E-state index in [2.05, 4.69) is 10.3 Å². The van der Waals surface area contributed by atoms with Crippen LogP contribution in [0.3, 0.4) is 0 Å². The summed E-state index contributed by atoms with van der Waals surface area (Å²) in [5, 5.41) is 4.97. The minimum atomic E-state index is -3.44. The van der Waals surface area contributed by atoms with Gasteiger partial charge in [0.25, 0.3) is 5.91 Å². The summed E-state index contributed by atoms with van der Waals surface area (Å²) >= 11 is 1.29. The molecule has 10 heteroatoms. The predicted octanol–water partition coefficient (Wildman–Crippen LogP) is 3.62. The summed E-state index contributed by atoms with van der Waals surface area (Å²) in [5.74, 6) is 0.942. The molecule has 0 saturated carbocycles. The van der Waals surface area contributed by atoms with Crippen molar-refractivity contribution in [3.05, 3.63) is 53.9 Å². The SMILES string of the molecule is COc1ccc(OCC(=O)Nc2nc(-c3ccc(S(=O)(=O)N4CCCC4)cc3)cs2)cc1. The van der Waals surface area contributed by atoms with E-state index < -0.39 is 10.0 Å². The summed E-state index contributed by atoms with van der Waals surface area (Å²) in [6.07, 6.45) is 1.80. The molecule has 1 amide bonds. The quantitative estimate of drug-likeness (QED) is 0.537. The fraction of sp³-hybridized carbons (Fsp3) is 0.273. The van der Waals surface area contributed by atoms with Crippen LogP contribution in [-0.2, 0) is 14.8 Å². The number of benzene rings is 2. The number of hydrogen-bond acceptors (Lipinski definition) is 7. The van der Waals surface area contributed by atoms with Crippen molar-refractivity contribution in [3.8, 4) is 22.8 Å². The van der Waals surface area contributed by atoms with Crippen LogP contribution in [0.1, 0.15) is 12.8 Å². The molecule has 1 N–H and O–H groups in total. The van der Waals surface area contributed by atoms with E-state index in [1.165, 1.54) is 15.6 Å². The van der Waals surface area contributed by atoms with Crippen molar-refractivity contribution >= 4 is 32.4 Å². The van der Waals surface area contributed by atoms with E-state index in [0.29, 0.717) is 35.4 Å². The highest BCUT2D eigenvalue weighted by molar-refractivity contribution is 7.89. The van der Waals surface area contributed by atoms with Gasteiger partial charge in [-0.15, -0.1) is 11.3 Å². The number of anilines is 1. The molecule has 0 aliphatic carbocycles. The third kappa shape index (κ3) is 5.09. The molecule has 2 aromatic carbocycles. The standard InChI is InChI=1S/C22H23N3O5S2/c1-29-17-6-8-18(9-7-17)30-14-21(26)24-22-23-20(15-31-22)16-4-10-19(11-5-16)32(27,28)25-12-2-3-13-25/h4-11,15H,2-3,12-14H2,1H3,(H,23,24,26). The second-order valence-electron chi connectivity index (χ2n) is 7.19. The lowest BCUT2D eigenvalue weighted by molar-refractivity contribution is -0.118. The molecule has 8 nitrogen and oxygen atoms in total. The summed E-state index contributed by atoms with van der Waals surface area (Å²) < 4.78 is 37.4. The first-order valence-electron chi connectivity index (χ1n) is 10.1. The maximum absolute atomic E-state index is 12.7. The highest BCUT2D eigenvalue weighted by Gasteiger charge is 2.27.